The minimum atomic E-state index is 0.424. The van der Waals surface area contributed by atoms with E-state index in [0.717, 1.165) is 16.7 Å². The van der Waals surface area contributed by atoms with E-state index in [9.17, 15) is 0 Å². The summed E-state index contributed by atoms with van der Waals surface area (Å²) in [5.41, 5.74) is 7.35. The molecule has 4 heteroatoms. The Morgan fingerprint density at radius 3 is 2.43 bits per heavy atom. The van der Waals surface area contributed by atoms with Crippen LogP contribution in [0.2, 0.25) is 0 Å². The second-order valence-corrected chi connectivity index (χ2v) is 4.57. The van der Waals surface area contributed by atoms with Crippen molar-refractivity contribution in [1.29, 1.82) is 0 Å². The molecule has 1 heterocycles. The van der Waals surface area contributed by atoms with E-state index in [-0.39, 0.29) is 0 Å². The molecule has 0 saturated carbocycles. The molecule has 3 rings (SSSR count). The van der Waals surface area contributed by atoms with Crippen LogP contribution in [0.3, 0.4) is 0 Å². The van der Waals surface area contributed by atoms with Gasteiger partial charge in [0.15, 0.2) is 5.75 Å². The van der Waals surface area contributed by atoms with Gasteiger partial charge in [-0.3, -0.25) is 4.98 Å². The third-order valence-corrected chi connectivity index (χ3v) is 3.10. The van der Waals surface area contributed by atoms with Gasteiger partial charge in [-0.25, -0.2) is 0 Å². The highest BCUT2D eigenvalue weighted by Crippen LogP contribution is 2.29. The molecule has 0 spiro atoms. The van der Waals surface area contributed by atoms with E-state index in [1.807, 2.05) is 54.6 Å². The van der Waals surface area contributed by atoms with Gasteiger partial charge in [0, 0.05) is 5.39 Å². The lowest BCUT2D eigenvalue weighted by molar-refractivity contribution is 0.219. The molecule has 4 nitrogen and oxygen atoms in total. The van der Waals surface area contributed by atoms with E-state index in [0.29, 0.717) is 24.7 Å². The highest BCUT2D eigenvalue weighted by molar-refractivity contribution is 5.89. The van der Waals surface area contributed by atoms with Crippen molar-refractivity contribution in [2.75, 3.05) is 18.9 Å². The molecule has 0 fully saturated rings. The van der Waals surface area contributed by atoms with E-state index in [4.69, 9.17) is 15.2 Å². The molecule has 21 heavy (non-hydrogen) atoms. The Labute approximate surface area is 123 Å². The van der Waals surface area contributed by atoms with E-state index in [1.165, 1.54) is 0 Å². The normalized spacial score (nSPS) is 10.5. The molecule has 0 radical (unpaired) electrons. The monoisotopic (exact) mass is 280 g/mol. The lowest BCUT2D eigenvalue weighted by Gasteiger charge is -2.12. The number of para-hydroxylation sites is 2. The van der Waals surface area contributed by atoms with Gasteiger partial charge >= 0.3 is 0 Å². The summed E-state index contributed by atoms with van der Waals surface area (Å²) in [6.45, 7) is 0.882. The number of nitrogens with zero attached hydrogens (tertiary/aromatic N) is 1. The molecule has 0 saturated heterocycles. The van der Waals surface area contributed by atoms with Crippen molar-refractivity contribution in [3.8, 4) is 11.5 Å². The predicted octanol–water partition coefficient (Wildman–Crippen LogP) is 3.27. The van der Waals surface area contributed by atoms with Gasteiger partial charge in [-0.1, -0.05) is 30.3 Å². The molecule has 0 amide bonds. The van der Waals surface area contributed by atoms with Crippen molar-refractivity contribution in [2.45, 2.75) is 0 Å². The van der Waals surface area contributed by atoms with E-state index < -0.39 is 0 Å². The Hall–Kier alpha value is -2.75. The summed E-state index contributed by atoms with van der Waals surface area (Å²) in [7, 11) is 0. The quantitative estimate of drug-likeness (QED) is 0.729. The molecule has 0 aliphatic rings. The first-order valence-electron chi connectivity index (χ1n) is 6.78. The van der Waals surface area contributed by atoms with Gasteiger partial charge < -0.3 is 15.2 Å². The van der Waals surface area contributed by atoms with Gasteiger partial charge in [-0.2, -0.15) is 0 Å². The average molecular weight is 280 g/mol. The van der Waals surface area contributed by atoms with Crippen LogP contribution < -0.4 is 15.2 Å². The van der Waals surface area contributed by atoms with Crippen LogP contribution in [-0.2, 0) is 0 Å². The predicted molar refractivity (Wildman–Crippen MR) is 83.6 cm³/mol. The zero-order chi connectivity index (χ0) is 14.5. The number of aromatic nitrogens is 1. The number of hydrogen-bond donors (Lipinski definition) is 1. The first-order chi connectivity index (χ1) is 10.3. The van der Waals surface area contributed by atoms with Crippen LogP contribution in [0.1, 0.15) is 0 Å². The number of benzene rings is 2. The molecule has 0 aliphatic carbocycles. The number of hydrogen-bond acceptors (Lipinski definition) is 4. The van der Waals surface area contributed by atoms with Crippen molar-refractivity contribution in [3.63, 3.8) is 0 Å². The summed E-state index contributed by atoms with van der Waals surface area (Å²) in [6.07, 6.45) is 1.62. The highest BCUT2D eigenvalue weighted by atomic mass is 16.5. The van der Waals surface area contributed by atoms with E-state index in [2.05, 4.69) is 4.98 Å². The second kappa shape index (κ2) is 6.13. The van der Waals surface area contributed by atoms with Gasteiger partial charge in [0.1, 0.15) is 19.0 Å². The van der Waals surface area contributed by atoms with Crippen LogP contribution in [0.15, 0.2) is 60.8 Å². The summed E-state index contributed by atoms with van der Waals surface area (Å²) in [4.78, 5) is 4.28. The molecular formula is C17H16N2O2. The lowest BCUT2D eigenvalue weighted by Crippen LogP contribution is -2.10. The van der Waals surface area contributed by atoms with Gasteiger partial charge in [0.25, 0.3) is 0 Å². The Balaban J connectivity index is 1.67. The third kappa shape index (κ3) is 3.05. The lowest BCUT2D eigenvalue weighted by atomic mass is 10.2. The number of pyridine rings is 1. The Kier molecular flexibility index (Phi) is 3.87. The zero-order valence-electron chi connectivity index (χ0n) is 11.5. The SMILES string of the molecule is Nc1cnc2ccccc2c1OCCOc1ccccc1. The summed E-state index contributed by atoms with van der Waals surface area (Å²) in [5, 5.41) is 0.914. The molecule has 0 atom stereocenters. The van der Waals surface area contributed by atoms with E-state index >= 15 is 0 Å². The maximum Gasteiger partial charge on any atom is 0.153 e. The molecule has 0 aliphatic heterocycles. The van der Waals surface area contributed by atoms with Crippen molar-refractivity contribution in [2.24, 2.45) is 0 Å². The number of fused-ring (bicyclic) bond motifs is 1. The largest absolute Gasteiger partial charge is 0.490 e. The molecule has 2 N–H and O–H groups in total. The topological polar surface area (TPSA) is 57.4 Å². The molecule has 106 valence electrons. The summed E-state index contributed by atoms with van der Waals surface area (Å²) < 4.78 is 11.4. The van der Waals surface area contributed by atoms with Gasteiger partial charge in [0.05, 0.1) is 17.4 Å². The fourth-order valence-corrected chi connectivity index (χ4v) is 2.11. The number of ether oxygens (including phenoxy) is 2. The molecular weight excluding hydrogens is 264 g/mol. The maximum atomic E-state index is 5.95. The van der Waals surface area contributed by atoms with Crippen molar-refractivity contribution in [3.05, 3.63) is 60.8 Å². The van der Waals surface area contributed by atoms with Crippen molar-refractivity contribution < 1.29 is 9.47 Å². The molecule has 3 aromatic rings. The molecule has 0 unspecified atom stereocenters. The number of nitrogen functional groups attached to an aromatic ring is 1. The minimum Gasteiger partial charge on any atom is -0.490 e. The number of nitrogens with two attached hydrogens (primary N) is 1. The maximum absolute atomic E-state index is 5.95. The third-order valence-electron chi connectivity index (χ3n) is 3.10. The fraction of sp³-hybridized carbons (Fsp3) is 0.118. The zero-order valence-corrected chi connectivity index (χ0v) is 11.5. The van der Waals surface area contributed by atoms with Crippen molar-refractivity contribution >= 4 is 16.6 Å². The number of rotatable bonds is 5. The fourth-order valence-electron chi connectivity index (χ4n) is 2.11. The number of anilines is 1. The van der Waals surface area contributed by atoms with Gasteiger partial charge in [0.2, 0.25) is 0 Å². The van der Waals surface area contributed by atoms with Crippen LogP contribution in [0, 0.1) is 0 Å². The first-order valence-corrected chi connectivity index (χ1v) is 6.78. The molecule has 2 aromatic carbocycles. The van der Waals surface area contributed by atoms with Crippen LogP contribution >= 0.6 is 0 Å². The standard InChI is InChI=1S/C17H16N2O2/c18-15-12-19-16-9-5-4-8-14(16)17(15)21-11-10-20-13-6-2-1-3-7-13/h1-9,12H,10-11,18H2. The van der Waals surface area contributed by atoms with Crippen LogP contribution in [0.25, 0.3) is 10.9 Å². The van der Waals surface area contributed by atoms with E-state index in [1.54, 1.807) is 6.20 Å². The highest BCUT2D eigenvalue weighted by Gasteiger charge is 2.07. The van der Waals surface area contributed by atoms with Crippen molar-refractivity contribution in [1.82, 2.24) is 4.98 Å². The van der Waals surface area contributed by atoms with Crippen LogP contribution in [0.5, 0.6) is 11.5 Å². The minimum absolute atomic E-state index is 0.424. The van der Waals surface area contributed by atoms with Gasteiger partial charge in [-0.15, -0.1) is 0 Å². The average Bonchev–Trinajstić information content (AvgIpc) is 2.54. The smallest absolute Gasteiger partial charge is 0.153 e. The molecule has 1 aromatic heterocycles. The summed E-state index contributed by atoms with van der Waals surface area (Å²) in [6, 6.07) is 17.4. The first kappa shape index (κ1) is 13.2. The summed E-state index contributed by atoms with van der Waals surface area (Å²) in [5.74, 6) is 1.49. The Morgan fingerprint density at radius 2 is 1.57 bits per heavy atom. The molecule has 0 bridgehead atoms. The van der Waals surface area contributed by atoms with Crippen LogP contribution in [-0.4, -0.2) is 18.2 Å². The van der Waals surface area contributed by atoms with Gasteiger partial charge in [-0.05, 0) is 24.3 Å². The summed E-state index contributed by atoms with van der Waals surface area (Å²) >= 11 is 0. The Morgan fingerprint density at radius 1 is 0.857 bits per heavy atom. The Bertz CT molecular complexity index is 729. The van der Waals surface area contributed by atoms with Crippen LogP contribution in [0.4, 0.5) is 5.69 Å². The second-order valence-electron chi connectivity index (χ2n) is 4.57.